The van der Waals surface area contributed by atoms with Gasteiger partial charge in [-0.25, -0.2) is 4.39 Å². The molecule has 0 spiro atoms. The Balaban J connectivity index is 2.12. The highest BCUT2D eigenvalue weighted by Crippen LogP contribution is 2.36. The summed E-state index contributed by atoms with van der Waals surface area (Å²) in [6.07, 6.45) is -4.65. The van der Waals surface area contributed by atoms with Crippen molar-refractivity contribution in [1.82, 2.24) is 4.90 Å². The van der Waals surface area contributed by atoms with Gasteiger partial charge in [0, 0.05) is 11.6 Å². The second kappa shape index (κ2) is 8.05. The summed E-state index contributed by atoms with van der Waals surface area (Å²) in [5.41, 5.74) is -0.731. The lowest BCUT2D eigenvalue weighted by molar-refractivity contribution is -0.137. The summed E-state index contributed by atoms with van der Waals surface area (Å²) in [6, 6.07) is 8.29. The first-order valence-electron chi connectivity index (χ1n) is 7.70. The van der Waals surface area contributed by atoms with Crippen molar-refractivity contribution in [2.75, 3.05) is 12.4 Å². The van der Waals surface area contributed by atoms with E-state index >= 15 is 0 Å². The molecular formula is C18H17ClF4N2O. The highest BCUT2D eigenvalue weighted by atomic mass is 35.5. The van der Waals surface area contributed by atoms with Gasteiger partial charge in [-0.05, 0) is 49.9 Å². The molecule has 1 unspecified atom stereocenters. The molecule has 0 heterocycles. The quantitative estimate of drug-likeness (QED) is 0.734. The number of alkyl halides is 3. The van der Waals surface area contributed by atoms with Gasteiger partial charge in [-0.2, -0.15) is 13.2 Å². The minimum absolute atomic E-state index is 0.0772. The average molecular weight is 389 g/mol. The molecule has 26 heavy (non-hydrogen) atoms. The summed E-state index contributed by atoms with van der Waals surface area (Å²) in [7, 11) is 1.63. The zero-order chi connectivity index (χ0) is 19.5. The predicted octanol–water partition coefficient (Wildman–Crippen LogP) is 4.96. The summed E-state index contributed by atoms with van der Waals surface area (Å²) in [6.45, 7) is 1.82. The Morgan fingerprint density at radius 2 is 1.92 bits per heavy atom. The zero-order valence-corrected chi connectivity index (χ0v) is 14.8. The van der Waals surface area contributed by atoms with Crippen molar-refractivity contribution < 1.29 is 22.4 Å². The zero-order valence-electron chi connectivity index (χ0n) is 14.1. The number of hydrogen-bond donors (Lipinski definition) is 1. The topological polar surface area (TPSA) is 32.3 Å². The van der Waals surface area contributed by atoms with Crippen LogP contribution in [0.15, 0.2) is 42.5 Å². The molecule has 140 valence electrons. The lowest BCUT2D eigenvalue weighted by atomic mass is 10.1. The number of anilines is 1. The van der Waals surface area contributed by atoms with E-state index in [9.17, 15) is 22.4 Å². The summed E-state index contributed by atoms with van der Waals surface area (Å²) in [4.78, 5) is 14.0. The third-order valence-corrected chi connectivity index (χ3v) is 4.14. The maximum absolute atomic E-state index is 13.2. The first-order valence-corrected chi connectivity index (χ1v) is 8.08. The van der Waals surface area contributed by atoms with Gasteiger partial charge >= 0.3 is 6.18 Å². The molecule has 2 aromatic carbocycles. The lowest BCUT2D eigenvalue weighted by Gasteiger charge is -2.24. The van der Waals surface area contributed by atoms with Gasteiger partial charge in [0.15, 0.2) is 0 Å². The van der Waals surface area contributed by atoms with Gasteiger partial charge in [-0.1, -0.05) is 23.7 Å². The van der Waals surface area contributed by atoms with Crippen LogP contribution in [0.4, 0.5) is 23.2 Å². The molecule has 0 saturated carbocycles. The van der Waals surface area contributed by atoms with Crippen molar-refractivity contribution in [2.45, 2.75) is 25.7 Å². The molecular weight excluding hydrogens is 372 g/mol. The Morgan fingerprint density at radius 1 is 1.23 bits per heavy atom. The second-order valence-corrected chi connectivity index (χ2v) is 6.33. The molecule has 0 aliphatic carbocycles. The number of likely N-dealkylation sites (N-methyl/N-ethyl adjacent to an activating group) is 1. The van der Waals surface area contributed by atoms with E-state index in [-0.39, 0.29) is 17.3 Å². The number of benzene rings is 2. The van der Waals surface area contributed by atoms with Crippen LogP contribution in [0.2, 0.25) is 5.02 Å². The maximum Gasteiger partial charge on any atom is 0.418 e. The molecule has 0 aromatic heterocycles. The maximum atomic E-state index is 13.2. The third-order valence-electron chi connectivity index (χ3n) is 3.91. The van der Waals surface area contributed by atoms with Crippen LogP contribution >= 0.6 is 11.6 Å². The van der Waals surface area contributed by atoms with Gasteiger partial charge in [0.1, 0.15) is 5.82 Å². The molecule has 8 heteroatoms. The van der Waals surface area contributed by atoms with Crippen LogP contribution in [0.5, 0.6) is 0 Å². The fourth-order valence-corrected chi connectivity index (χ4v) is 2.53. The van der Waals surface area contributed by atoms with Crippen LogP contribution < -0.4 is 5.32 Å². The number of nitrogens with one attached hydrogen (secondary N) is 1. The Labute approximate surface area is 153 Å². The number of carbonyl (C=O) groups excluding carboxylic acids is 1. The van der Waals surface area contributed by atoms with E-state index in [4.69, 9.17) is 11.6 Å². The van der Waals surface area contributed by atoms with E-state index in [1.54, 1.807) is 31.0 Å². The Morgan fingerprint density at radius 3 is 2.54 bits per heavy atom. The monoisotopic (exact) mass is 388 g/mol. The van der Waals surface area contributed by atoms with Crippen LogP contribution in [0.3, 0.4) is 0 Å². The number of halogens is 5. The SMILES string of the molecule is CC(C(=O)Nc1ccc(Cl)cc1C(F)(F)F)N(C)Cc1cccc(F)c1. The molecule has 2 aromatic rings. The number of hydrogen-bond acceptors (Lipinski definition) is 2. The van der Waals surface area contributed by atoms with Gasteiger partial charge in [-0.15, -0.1) is 0 Å². The predicted molar refractivity (Wildman–Crippen MR) is 92.4 cm³/mol. The molecule has 0 saturated heterocycles. The van der Waals surface area contributed by atoms with Gasteiger partial charge in [0.25, 0.3) is 0 Å². The van der Waals surface area contributed by atoms with Crippen molar-refractivity contribution in [3.63, 3.8) is 0 Å². The Bertz CT molecular complexity index is 795. The smallest absolute Gasteiger partial charge is 0.324 e. The van der Waals surface area contributed by atoms with Crippen LogP contribution in [0.25, 0.3) is 0 Å². The van der Waals surface area contributed by atoms with Crippen molar-refractivity contribution in [3.05, 3.63) is 64.4 Å². The summed E-state index contributed by atoms with van der Waals surface area (Å²) >= 11 is 5.62. The molecule has 1 atom stereocenters. The van der Waals surface area contributed by atoms with Gasteiger partial charge in [0.05, 0.1) is 17.3 Å². The second-order valence-electron chi connectivity index (χ2n) is 5.90. The minimum Gasteiger partial charge on any atom is -0.324 e. The minimum atomic E-state index is -4.65. The van der Waals surface area contributed by atoms with E-state index in [1.807, 2.05) is 0 Å². The van der Waals surface area contributed by atoms with Crippen LogP contribution in [0, 0.1) is 5.82 Å². The largest absolute Gasteiger partial charge is 0.418 e. The number of nitrogens with zero attached hydrogens (tertiary/aromatic N) is 1. The van der Waals surface area contributed by atoms with E-state index in [2.05, 4.69) is 5.32 Å². The third kappa shape index (κ3) is 5.19. The standard InChI is InChI=1S/C18H17ClF4N2O/c1-11(25(2)10-12-4-3-5-14(20)8-12)17(26)24-16-7-6-13(19)9-15(16)18(21,22)23/h3-9,11H,10H2,1-2H3,(H,24,26). The molecule has 0 bridgehead atoms. The molecule has 0 radical (unpaired) electrons. The fourth-order valence-electron chi connectivity index (χ4n) is 2.36. The van der Waals surface area contributed by atoms with Gasteiger partial charge in [0.2, 0.25) is 5.91 Å². The first-order chi connectivity index (χ1) is 12.1. The van der Waals surface area contributed by atoms with E-state index in [0.717, 1.165) is 12.1 Å². The van der Waals surface area contributed by atoms with Crippen LogP contribution in [0.1, 0.15) is 18.1 Å². The van der Waals surface area contributed by atoms with Crippen molar-refractivity contribution in [3.8, 4) is 0 Å². The van der Waals surface area contributed by atoms with Crippen molar-refractivity contribution in [2.24, 2.45) is 0 Å². The molecule has 1 N–H and O–H groups in total. The molecule has 2 rings (SSSR count). The molecule has 0 fully saturated rings. The van der Waals surface area contributed by atoms with Crippen molar-refractivity contribution in [1.29, 1.82) is 0 Å². The van der Waals surface area contributed by atoms with Gasteiger partial charge < -0.3 is 5.32 Å². The summed E-state index contributed by atoms with van der Waals surface area (Å²) < 4.78 is 52.6. The average Bonchev–Trinajstić information content (AvgIpc) is 2.54. The molecule has 0 aliphatic heterocycles. The van der Waals surface area contributed by atoms with Crippen LogP contribution in [-0.2, 0) is 17.5 Å². The fraction of sp³-hybridized carbons (Fsp3) is 0.278. The lowest BCUT2D eigenvalue weighted by Crippen LogP contribution is -2.39. The summed E-state index contributed by atoms with van der Waals surface area (Å²) in [5, 5.41) is 2.21. The number of amides is 1. The highest BCUT2D eigenvalue weighted by Gasteiger charge is 2.34. The highest BCUT2D eigenvalue weighted by molar-refractivity contribution is 6.30. The number of carbonyl (C=O) groups is 1. The Kier molecular flexibility index (Phi) is 6.26. The molecule has 3 nitrogen and oxygen atoms in total. The van der Waals surface area contributed by atoms with E-state index in [0.29, 0.717) is 5.56 Å². The summed E-state index contributed by atoms with van der Waals surface area (Å²) in [5.74, 6) is -1.01. The number of rotatable bonds is 5. The molecule has 1 amide bonds. The van der Waals surface area contributed by atoms with Gasteiger partial charge in [-0.3, -0.25) is 9.69 Å². The molecule has 0 aliphatic rings. The normalized spacial score (nSPS) is 12.9. The van der Waals surface area contributed by atoms with Crippen LogP contribution in [-0.4, -0.2) is 23.9 Å². The van der Waals surface area contributed by atoms with E-state index < -0.39 is 29.5 Å². The first kappa shape index (κ1) is 20.2. The van der Waals surface area contributed by atoms with E-state index in [1.165, 1.54) is 18.2 Å². The Hall–Kier alpha value is -2.12. The van der Waals surface area contributed by atoms with Crippen molar-refractivity contribution >= 4 is 23.2 Å².